The fraction of sp³-hybridized carbons (Fsp3) is 0.785. The molecule has 1 rings (SSSR count). The summed E-state index contributed by atoms with van der Waals surface area (Å²) in [5.41, 5.74) is 0. The van der Waals surface area contributed by atoms with Crippen molar-refractivity contribution in [2.45, 2.75) is 314 Å². The maximum Gasteiger partial charge on any atom is 0.306 e. The summed E-state index contributed by atoms with van der Waals surface area (Å²) >= 11 is 0. The largest absolute Gasteiger partial charge is 0.454 e. The molecule has 1 amide bonds. The summed E-state index contributed by atoms with van der Waals surface area (Å²) in [7, 11) is 0. The van der Waals surface area contributed by atoms with Crippen molar-refractivity contribution < 1.29 is 49.3 Å². The van der Waals surface area contributed by atoms with Crippen molar-refractivity contribution in [1.29, 1.82) is 0 Å². The van der Waals surface area contributed by atoms with Gasteiger partial charge in [0.15, 0.2) is 12.4 Å². The van der Waals surface area contributed by atoms with Gasteiger partial charge in [-0.25, -0.2) is 0 Å². The van der Waals surface area contributed by atoms with Crippen molar-refractivity contribution >= 4 is 11.9 Å². The van der Waals surface area contributed by atoms with Gasteiger partial charge in [0.1, 0.15) is 24.4 Å². The number of aliphatic hydroxyl groups excluding tert-OH is 5. The summed E-state index contributed by atoms with van der Waals surface area (Å²) in [6, 6.07) is -1.03. The summed E-state index contributed by atoms with van der Waals surface area (Å²) in [5, 5.41) is 57.0. The molecule has 1 aliphatic rings. The van der Waals surface area contributed by atoms with Crippen LogP contribution in [0.4, 0.5) is 0 Å². The third kappa shape index (κ3) is 40.3. The SMILES string of the molecule is CC/C=C\C/C=C\C/C=C\C/C=C\C/C=C\CCCCCCCC(=O)OC1C(OCC(NC(=O)C(O)CCCCCCCCCCCCCCCC)C(O)/C=C/CCCCCCCCCCCC)OC(CO)C(O)C1O. The second kappa shape index (κ2) is 52.8. The molecule has 440 valence electrons. The van der Waals surface area contributed by atoms with Gasteiger partial charge in [0, 0.05) is 6.42 Å². The van der Waals surface area contributed by atoms with Gasteiger partial charge < -0.3 is 45.1 Å². The fourth-order valence-electron chi connectivity index (χ4n) is 9.44. The standard InChI is InChI=1S/C65H115NO10/c1-4-7-10-13-16-19-22-25-27-28-29-30-31-32-33-35-38-41-44-47-50-53-60(70)76-63-62(72)61(71)59(54-67)75-65(63)74-55-56(57(68)51-48-45-42-39-36-24-21-18-15-12-9-6-3)66-64(73)58(69)52-49-46-43-40-37-34-26-23-20-17-14-11-8-5-2/h7,10,16,19,25,27,29-30,32-33,48,51,56-59,61-63,65,67-69,71-72H,4-6,8-9,11-15,17-18,20-24,26,28,31,34-47,49-50,52-55H2,1-3H3,(H,66,73)/b10-7-,19-16-,27-25-,30-29-,33-32-,51-48+. The molecule has 6 N–H and O–H groups in total. The first-order valence-corrected chi connectivity index (χ1v) is 31.2. The molecule has 1 fully saturated rings. The van der Waals surface area contributed by atoms with Crippen LogP contribution >= 0.6 is 0 Å². The summed E-state index contributed by atoms with van der Waals surface area (Å²) in [5.74, 6) is -1.21. The molecule has 1 saturated heterocycles. The van der Waals surface area contributed by atoms with Crippen molar-refractivity contribution in [3.63, 3.8) is 0 Å². The van der Waals surface area contributed by atoms with E-state index in [1.54, 1.807) is 6.08 Å². The first-order valence-electron chi connectivity index (χ1n) is 31.2. The molecule has 11 nitrogen and oxygen atoms in total. The van der Waals surface area contributed by atoms with E-state index >= 15 is 0 Å². The number of carbonyl (C=O) groups excluding carboxylic acids is 2. The third-order valence-corrected chi connectivity index (χ3v) is 14.4. The Morgan fingerprint density at radius 3 is 1.42 bits per heavy atom. The summed E-state index contributed by atoms with van der Waals surface area (Å²) in [6.07, 6.45) is 56.5. The van der Waals surface area contributed by atoms with Gasteiger partial charge in [-0.15, -0.1) is 0 Å². The van der Waals surface area contributed by atoms with Crippen LogP contribution in [0.1, 0.15) is 265 Å². The van der Waals surface area contributed by atoms with Crippen LogP contribution < -0.4 is 5.32 Å². The van der Waals surface area contributed by atoms with E-state index in [2.05, 4.69) is 86.8 Å². The summed E-state index contributed by atoms with van der Waals surface area (Å²) < 4.78 is 17.6. The van der Waals surface area contributed by atoms with Gasteiger partial charge in [0.25, 0.3) is 0 Å². The van der Waals surface area contributed by atoms with E-state index in [-0.39, 0.29) is 13.0 Å². The van der Waals surface area contributed by atoms with E-state index in [0.717, 1.165) is 103 Å². The molecule has 76 heavy (non-hydrogen) atoms. The lowest BCUT2D eigenvalue weighted by molar-refractivity contribution is -0.305. The van der Waals surface area contributed by atoms with Gasteiger partial charge in [-0.1, -0.05) is 261 Å². The molecule has 0 aromatic rings. The highest BCUT2D eigenvalue weighted by Crippen LogP contribution is 2.26. The molecule has 0 aromatic heterocycles. The number of esters is 1. The van der Waals surface area contributed by atoms with Gasteiger partial charge in [0.2, 0.25) is 5.91 Å². The molecule has 0 aliphatic carbocycles. The van der Waals surface area contributed by atoms with E-state index in [1.165, 1.54) is 116 Å². The lowest BCUT2D eigenvalue weighted by Gasteiger charge is -2.41. The predicted molar refractivity (Wildman–Crippen MR) is 315 cm³/mol. The molecule has 8 atom stereocenters. The molecule has 0 saturated carbocycles. The number of carbonyl (C=O) groups is 2. The Morgan fingerprint density at radius 1 is 0.526 bits per heavy atom. The number of rotatable bonds is 52. The molecule has 0 radical (unpaired) electrons. The van der Waals surface area contributed by atoms with Gasteiger partial charge in [-0.3, -0.25) is 9.59 Å². The van der Waals surface area contributed by atoms with Gasteiger partial charge in [0.05, 0.1) is 25.4 Å². The monoisotopic (exact) mass is 1070 g/mol. The van der Waals surface area contributed by atoms with E-state index in [9.17, 15) is 35.1 Å². The van der Waals surface area contributed by atoms with Crippen LogP contribution in [0.3, 0.4) is 0 Å². The number of nitrogens with one attached hydrogen (secondary N) is 1. The van der Waals surface area contributed by atoms with Crippen LogP contribution in [0, 0.1) is 0 Å². The molecule has 11 heteroatoms. The van der Waals surface area contributed by atoms with Gasteiger partial charge in [-0.05, 0) is 70.6 Å². The van der Waals surface area contributed by atoms with E-state index < -0.39 is 67.4 Å². The first-order chi connectivity index (χ1) is 37.2. The second-order valence-corrected chi connectivity index (χ2v) is 21.4. The van der Waals surface area contributed by atoms with Crippen molar-refractivity contribution in [1.82, 2.24) is 5.32 Å². The zero-order chi connectivity index (χ0) is 55.4. The predicted octanol–water partition coefficient (Wildman–Crippen LogP) is 14.8. The molecule has 1 heterocycles. The minimum Gasteiger partial charge on any atom is -0.454 e. The number of hydrogen-bond donors (Lipinski definition) is 6. The Balaban J connectivity index is 2.68. The first kappa shape index (κ1) is 71.1. The Kier molecular flexibility index (Phi) is 49.4. The highest BCUT2D eigenvalue weighted by atomic mass is 16.7. The van der Waals surface area contributed by atoms with Crippen LogP contribution in [0.15, 0.2) is 72.9 Å². The number of aliphatic hydroxyl groups is 5. The van der Waals surface area contributed by atoms with Crippen LogP contribution in [0.2, 0.25) is 0 Å². The normalized spacial score (nSPS) is 19.6. The maximum atomic E-state index is 13.4. The lowest BCUT2D eigenvalue weighted by atomic mass is 9.99. The highest BCUT2D eigenvalue weighted by molar-refractivity contribution is 5.80. The highest BCUT2D eigenvalue weighted by Gasteiger charge is 2.47. The Bertz CT molecular complexity index is 1510. The summed E-state index contributed by atoms with van der Waals surface area (Å²) in [6.45, 7) is 5.67. The van der Waals surface area contributed by atoms with E-state index in [1.807, 2.05) is 6.08 Å². The number of hydrogen-bond acceptors (Lipinski definition) is 10. The average Bonchev–Trinajstić information content (AvgIpc) is 3.42. The average molecular weight is 1070 g/mol. The quantitative estimate of drug-likeness (QED) is 0.0195. The van der Waals surface area contributed by atoms with Crippen molar-refractivity contribution in [3.8, 4) is 0 Å². The lowest BCUT2D eigenvalue weighted by Crippen LogP contribution is -2.61. The van der Waals surface area contributed by atoms with Gasteiger partial charge >= 0.3 is 5.97 Å². The number of unbranched alkanes of at least 4 members (excludes halogenated alkanes) is 28. The third-order valence-electron chi connectivity index (χ3n) is 14.4. The number of ether oxygens (including phenoxy) is 3. The minimum atomic E-state index is -1.62. The number of allylic oxidation sites excluding steroid dienone is 11. The fourth-order valence-corrected chi connectivity index (χ4v) is 9.44. The Hall–Kier alpha value is -2.90. The molecular formula is C65H115NO10. The molecular weight excluding hydrogens is 955 g/mol. The molecule has 8 unspecified atom stereocenters. The Morgan fingerprint density at radius 2 is 0.947 bits per heavy atom. The smallest absolute Gasteiger partial charge is 0.306 e. The molecule has 1 aliphatic heterocycles. The van der Waals surface area contributed by atoms with E-state index in [0.29, 0.717) is 19.3 Å². The zero-order valence-corrected chi connectivity index (χ0v) is 48.6. The van der Waals surface area contributed by atoms with Crippen molar-refractivity contribution in [2.24, 2.45) is 0 Å². The van der Waals surface area contributed by atoms with E-state index in [4.69, 9.17) is 14.2 Å². The topological polar surface area (TPSA) is 175 Å². The van der Waals surface area contributed by atoms with Crippen LogP contribution in [0.25, 0.3) is 0 Å². The van der Waals surface area contributed by atoms with Crippen LogP contribution in [-0.2, 0) is 23.8 Å². The molecule has 0 spiro atoms. The van der Waals surface area contributed by atoms with Crippen LogP contribution in [-0.4, -0.2) is 99.6 Å². The number of amides is 1. The van der Waals surface area contributed by atoms with Gasteiger partial charge in [-0.2, -0.15) is 0 Å². The maximum absolute atomic E-state index is 13.4. The molecule has 0 aromatic carbocycles. The zero-order valence-electron chi connectivity index (χ0n) is 48.6. The second-order valence-electron chi connectivity index (χ2n) is 21.4. The minimum absolute atomic E-state index is 0.0999. The molecule has 0 bridgehead atoms. The van der Waals surface area contributed by atoms with Crippen LogP contribution in [0.5, 0.6) is 0 Å². The van der Waals surface area contributed by atoms with Crippen molar-refractivity contribution in [2.75, 3.05) is 13.2 Å². The Labute approximate surface area is 464 Å². The summed E-state index contributed by atoms with van der Waals surface area (Å²) in [4.78, 5) is 26.5. The van der Waals surface area contributed by atoms with Crippen molar-refractivity contribution in [3.05, 3.63) is 72.9 Å².